The van der Waals surface area contributed by atoms with Gasteiger partial charge in [-0.3, -0.25) is 14.7 Å². The van der Waals surface area contributed by atoms with Crippen molar-refractivity contribution in [2.75, 3.05) is 26.2 Å². The lowest BCUT2D eigenvalue weighted by molar-refractivity contribution is -0.274. The van der Waals surface area contributed by atoms with Crippen molar-refractivity contribution in [3.05, 3.63) is 48.1 Å². The molecular weight excluding hydrogens is 451 g/mol. The van der Waals surface area contributed by atoms with E-state index in [1.165, 1.54) is 36.7 Å². The van der Waals surface area contributed by atoms with Crippen LogP contribution in [-0.4, -0.2) is 69.3 Å². The van der Waals surface area contributed by atoms with Gasteiger partial charge < -0.3 is 14.5 Å². The molecule has 2 fully saturated rings. The first-order valence-electron chi connectivity index (χ1n) is 11.2. The first kappa shape index (κ1) is 23.8. The maximum atomic E-state index is 12.7. The summed E-state index contributed by atoms with van der Waals surface area (Å²) < 4.78 is 40.6. The van der Waals surface area contributed by atoms with Crippen molar-refractivity contribution in [3.8, 4) is 5.75 Å². The number of nitrogens with one attached hydrogen (secondary N) is 1. The topological polar surface area (TPSA) is 91.4 Å². The van der Waals surface area contributed by atoms with Crippen molar-refractivity contribution < 1.29 is 27.5 Å². The van der Waals surface area contributed by atoms with E-state index < -0.39 is 6.36 Å². The molecule has 1 N–H and O–H groups in total. The van der Waals surface area contributed by atoms with Crippen LogP contribution >= 0.6 is 0 Å². The number of carbonyl (C=O) groups is 2. The minimum absolute atomic E-state index is 0.118. The highest BCUT2D eigenvalue weighted by molar-refractivity contribution is 5.91. The van der Waals surface area contributed by atoms with Crippen molar-refractivity contribution in [3.63, 3.8) is 0 Å². The number of rotatable bonds is 6. The predicted molar refractivity (Wildman–Crippen MR) is 116 cm³/mol. The normalized spacial score (nSPS) is 20.9. The van der Waals surface area contributed by atoms with Crippen molar-refractivity contribution in [2.45, 2.75) is 32.0 Å². The van der Waals surface area contributed by atoms with E-state index in [0.29, 0.717) is 62.2 Å². The summed E-state index contributed by atoms with van der Waals surface area (Å²) in [6.45, 7) is 2.65. The van der Waals surface area contributed by atoms with Gasteiger partial charge in [-0.05, 0) is 48.4 Å². The van der Waals surface area contributed by atoms with Crippen LogP contribution in [-0.2, 0) is 16.0 Å². The van der Waals surface area contributed by atoms with Crippen LogP contribution in [0.1, 0.15) is 30.7 Å². The Bertz CT molecular complexity index is 992. The number of aryl methyl sites for hydroxylation is 1. The monoisotopic (exact) mass is 477 g/mol. The van der Waals surface area contributed by atoms with E-state index in [4.69, 9.17) is 0 Å². The molecule has 182 valence electrons. The molecule has 2 aliphatic rings. The zero-order chi connectivity index (χ0) is 24.1. The summed E-state index contributed by atoms with van der Waals surface area (Å²) in [4.78, 5) is 33.0. The highest BCUT2D eigenvalue weighted by Crippen LogP contribution is 2.32. The molecule has 0 radical (unpaired) electrons. The molecule has 2 saturated heterocycles. The molecule has 0 saturated carbocycles. The third-order valence-electron chi connectivity index (χ3n) is 6.35. The fourth-order valence-corrected chi connectivity index (χ4v) is 4.56. The van der Waals surface area contributed by atoms with E-state index in [1.54, 1.807) is 11.0 Å². The van der Waals surface area contributed by atoms with Gasteiger partial charge in [-0.25, -0.2) is 4.98 Å². The molecule has 2 amide bonds. The Labute approximate surface area is 194 Å². The second-order valence-electron chi connectivity index (χ2n) is 8.60. The molecular formula is C23H26F3N5O3. The van der Waals surface area contributed by atoms with Crippen LogP contribution in [0.25, 0.3) is 6.08 Å². The molecule has 1 aromatic heterocycles. The summed E-state index contributed by atoms with van der Waals surface area (Å²) >= 11 is 0. The maximum Gasteiger partial charge on any atom is 0.573 e. The van der Waals surface area contributed by atoms with E-state index >= 15 is 0 Å². The minimum Gasteiger partial charge on any atom is -0.406 e. The van der Waals surface area contributed by atoms with Crippen LogP contribution in [0.3, 0.4) is 0 Å². The summed E-state index contributed by atoms with van der Waals surface area (Å²) in [7, 11) is 0. The lowest BCUT2D eigenvalue weighted by Crippen LogP contribution is -2.33. The van der Waals surface area contributed by atoms with E-state index in [0.717, 1.165) is 12.8 Å². The molecule has 0 spiro atoms. The van der Waals surface area contributed by atoms with Crippen LogP contribution < -0.4 is 4.74 Å². The highest BCUT2D eigenvalue weighted by atomic mass is 19.4. The van der Waals surface area contributed by atoms with E-state index in [1.807, 2.05) is 4.90 Å². The second-order valence-corrected chi connectivity index (χ2v) is 8.60. The van der Waals surface area contributed by atoms with Gasteiger partial charge in [0.1, 0.15) is 17.9 Å². The molecule has 8 nitrogen and oxygen atoms in total. The number of aromatic nitrogens is 3. The van der Waals surface area contributed by atoms with Gasteiger partial charge in [-0.1, -0.05) is 12.1 Å². The number of aromatic amines is 1. The lowest BCUT2D eigenvalue weighted by Gasteiger charge is -2.21. The molecule has 2 aliphatic heterocycles. The average Bonchev–Trinajstić information content (AvgIpc) is 3.42. The molecule has 0 unspecified atom stereocenters. The van der Waals surface area contributed by atoms with Gasteiger partial charge in [0.25, 0.3) is 0 Å². The smallest absolute Gasteiger partial charge is 0.406 e. The number of ether oxygens (including phenoxy) is 1. The Balaban J connectivity index is 1.24. The van der Waals surface area contributed by atoms with E-state index in [-0.39, 0.29) is 17.6 Å². The second kappa shape index (κ2) is 10.3. The lowest BCUT2D eigenvalue weighted by atomic mass is 9.92. The third kappa shape index (κ3) is 6.36. The number of carbonyl (C=O) groups excluding carboxylic acids is 2. The number of nitrogens with zero attached hydrogens (tertiary/aromatic N) is 4. The van der Waals surface area contributed by atoms with Gasteiger partial charge in [-0.15, -0.1) is 13.2 Å². The summed E-state index contributed by atoms with van der Waals surface area (Å²) in [5.74, 6) is 1.13. The minimum atomic E-state index is -4.74. The summed E-state index contributed by atoms with van der Waals surface area (Å²) in [6, 6.07) is 5.35. The number of fused-ring (bicyclic) bond motifs is 1. The number of benzene rings is 1. The van der Waals surface area contributed by atoms with E-state index in [2.05, 4.69) is 19.9 Å². The molecule has 2 atom stereocenters. The fraction of sp³-hybridized carbons (Fsp3) is 0.478. The van der Waals surface area contributed by atoms with Gasteiger partial charge in [0.05, 0.1) is 0 Å². The number of halogens is 3. The van der Waals surface area contributed by atoms with Crippen molar-refractivity contribution in [1.29, 1.82) is 0 Å². The Kier molecular flexibility index (Phi) is 7.18. The Morgan fingerprint density at radius 2 is 1.76 bits per heavy atom. The number of alkyl halides is 3. The zero-order valence-electron chi connectivity index (χ0n) is 18.5. The zero-order valence-corrected chi connectivity index (χ0v) is 18.5. The quantitative estimate of drug-likeness (QED) is 0.646. The van der Waals surface area contributed by atoms with Crippen LogP contribution in [0, 0.1) is 11.8 Å². The van der Waals surface area contributed by atoms with E-state index in [9.17, 15) is 22.8 Å². The molecule has 1 aromatic carbocycles. The van der Waals surface area contributed by atoms with Crippen molar-refractivity contribution in [2.24, 2.45) is 11.8 Å². The Morgan fingerprint density at radius 1 is 1.09 bits per heavy atom. The van der Waals surface area contributed by atoms with Gasteiger partial charge in [0.15, 0.2) is 0 Å². The largest absolute Gasteiger partial charge is 0.573 e. The average molecular weight is 477 g/mol. The van der Waals surface area contributed by atoms with Gasteiger partial charge in [-0.2, -0.15) is 5.10 Å². The van der Waals surface area contributed by atoms with Gasteiger partial charge in [0.2, 0.25) is 11.8 Å². The number of amides is 2. The maximum absolute atomic E-state index is 12.7. The number of hydrogen-bond donors (Lipinski definition) is 1. The van der Waals surface area contributed by atoms with Gasteiger partial charge in [0, 0.05) is 45.1 Å². The van der Waals surface area contributed by atoms with Crippen LogP contribution in [0.15, 0.2) is 36.7 Å². The number of likely N-dealkylation sites (tertiary alicyclic amines) is 2. The van der Waals surface area contributed by atoms with Gasteiger partial charge >= 0.3 is 6.36 Å². The fourth-order valence-electron chi connectivity index (χ4n) is 4.56. The predicted octanol–water partition coefficient (Wildman–Crippen LogP) is 3.05. The SMILES string of the molecule is O=C(/C=C/c1ccc(OC(F)(F)F)cc1)N1CC[C@@H]2CN(C(=O)CCc3ncn[nH]3)C[C@@H]2CC1. The summed E-state index contributed by atoms with van der Waals surface area (Å²) in [5, 5.41) is 6.56. The summed E-state index contributed by atoms with van der Waals surface area (Å²) in [5.41, 5.74) is 0.606. The van der Waals surface area contributed by atoms with Crippen molar-refractivity contribution >= 4 is 17.9 Å². The van der Waals surface area contributed by atoms with Crippen LogP contribution in [0.4, 0.5) is 13.2 Å². The third-order valence-corrected chi connectivity index (χ3v) is 6.35. The Morgan fingerprint density at radius 3 is 2.35 bits per heavy atom. The highest BCUT2D eigenvalue weighted by Gasteiger charge is 2.37. The van der Waals surface area contributed by atoms with Crippen LogP contribution in [0.2, 0.25) is 0 Å². The molecule has 4 rings (SSSR count). The van der Waals surface area contributed by atoms with Crippen LogP contribution in [0.5, 0.6) is 5.75 Å². The molecule has 0 bridgehead atoms. The van der Waals surface area contributed by atoms with Crippen molar-refractivity contribution in [1.82, 2.24) is 25.0 Å². The first-order chi connectivity index (χ1) is 16.3. The molecule has 3 heterocycles. The molecule has 11 heteroatoms. The number of H-pyrrole nitrogens is 1. The summed E-state index contributed by atoms with van der Waals surface area (Å²) in [6.07, 6.45) is 2.32. The Hall–Kier alpha value is -3.37. The number of hydrogen-bond acceptors (Lipinski definition) is 5. The molecule has 2 aromatic rings. The molecule has 34 heavy (non-hydrogen) atoms. The first-order valence-corrected chi connectivity index (χ1v) is 11.2. The molecule has 0 aliphatic carbocycles. The standard InChI is InChI=1S/C23H26F3N5O3/c24-23(25,26)34-19-4-1-16(2-5-19)3-7-21(32)30-11-9-17-13-31(14-18(17)10-12-30)22(33)8-6-20-27-15-28-29-20/h1-5,7,15,17-18H,6,8-14H2,(H,27,28,29)/b7-3+/t17-,18+.